The second-order valence-electron chi connectivity index (χ2n) is 5.26. The van der Waals surface area contributed by atoms with Crippen LogP contribution >= 0.6 is 0 Å². The Morgan fingerprint density at radius 1 is 1.23 bits per heavy atom. The molecule has 0 spiro atoms. The second-order valence-corrected chi connectivity index (χ2v) is 5.26. The van der Waals surface area contributed by atoms with Gasteiger partial charge in [-0.05, 0) is 38.2 Å². The number of methoxy groups -OCH3 is 1. The Balaban J connectivity index is 2.03. The third-order valence-corrected chi connectivity index (χ3v) is 3.64. The van der Waals surface area contributed by atoms with E-state index in [4.69, 9.17) is 0 Å². The van der Waals surface area contributed by atoms with E-state index in [1.165, 1.54) is 19.2 Å². The first-order valence-corrected chi connectivity index (χ1v) is 7.13. The number of nitrogens with one attached hydrogen (secondary N) is 1. The van der Waals surface area contributed by atoms with E-state index >= 15 is 0 Å². The van der Waals surface area contributed by atoms with Crippen molar-refractivity contribution in [2.75, 3.05) is 45.7 Å². The summed E-state index contributed by atoms with van der Waals surface area (Å²) in [7, 11) is 3.24. The molecular weight excluding hydrogens is 289 g/mol. The molecule has 0 radical (unpaired) electrons. The highest BCUT2D eigenvalue weighted by molar-refractivity contribution is 5.92. The number of urea groups is 1. The molecule has 22 heavy (non-hydrogen) atoms. The number of amides is 2. The summed E-state index contributed by atoms with van der Waals surface area (Å²) in [6.45, 7) is 2.96. The number of halogens is 1. The Hall–Kier alpha value is -2.15. The van der Waals surface area contributed by atoms with E-state index in [2.05, 4.69) is 15.0 Å². The van der Waals surface area contributed by atoms with Crippen LogP contribution in [0, 0.1) is 5.82 Å². The first-order valence-electron chi connectivity index (χ1n) is 7.13. The third kappa shape index (κ3) is 3.94. The molecular formula is C15H20FN3O3. The van der Waals surface area contributed by atoms with Gasteiger partial charge in [0.2, 0.25) is 0 Å². The van der Waals surface area contributed by atoms with Crippen molar-refractivity contribution in [2.24, 2.45) is 0 Å². The third-order valence-electron chi connectivity index (χ3n) is 3.64. The maximum atomic E-state index is 14.0. The average Bonchev–Trinajstić information content (AvgIpc) is 2.73. The van der Waals surface area contributed by atoms with E-state index in [9.17, 15) is 14.0 Å². The second kappa shape index (κ2) is 7.22. The zero-order chi connectivity index (χ0) is 16.1. The van der Waals surface area contributed by atoms with Gasteiger partial charge in [-0.15, -0.1) is 0 Å². The SMILES string of the molecule is COC(=O)c1ccc(NC(=O)N2CCCN(C)CC2)c(F)c1. The van der Waals surface area contributed by atoms with Crippen LogP contribution in [0.1, 0.15) is 16.8 Å². The molecule has 7 heteroatoms. The van der Waals surface area contributed by atoms with Crippen molar-refractivity contribution in [2.45, 2.75) is 6.42 Å². The number of hydrogen-bond donors (Lipinski definition) is 1. The number of likely N-dealkylation sites (N-methyl/N-ethyl adjacent to an activating group) is 1. The molecule has 1 aliphatic heterocycles. The summed E-state index contributed by atoms with van der Waals surface area (Å²) in [4.78, 5) is 27.3. The van der Waals surface area contributed by atoms with Crippen LogP contribution in [0.5, 0.6) is 0 Å². The van der Waals surface area contributed by atoms with Gasteiger partial charge in [0.05, 0.1) is 18.4 Å². The molecule has 6 nitrogen and oxygen atoms in total. The molecule has 2 rings (SSSR count). The van der Waals surface area contributed by atoms with Gasteiger partial charge in [-0.25, -0.2) is 14.0 Å². The summed E-state index contributed by atoms with van der Waals surface area (Å²) >= 11 is 0. The lowest BCUT2D eigenvalue weighted by Crippen LogP contribution is -2.37. The van der Waals surface area contributed by atoms with Gasteiger partial charge in [0.15, 0.2) is 0 Å². The topological polar surface area (TPSA) is 61.9 Å². The molecule has 0 bridgehead atoms. The normalized spacial score (nSPS) is 16.0. The Morgan fingerprint density at radius 2 is 2.00 bits per heavy atom. The molecule has 0 atom stereocenters. The molecule has 1 aromatic rings. The molecule has 0 unspecified atom stereocenters. The molecule has 1 N–H and O–H groups in total. The fraction of sp³-hybridized carbons (Fsp3) is 0.467. The quantitative estimate of drug-likeness (QED) is 0.846. The number of anilines is 1. The fourth-order valence-electron chi connectivity index (χ4n) is 2.31. The first-order chi connectivity index (χ1) is 10.5. The molecule has 0 aromatic heterocycles. The molecule has 1 heterocycles. The largest absolute Gasteiger partial charge is 0.465 e. The number of nitrogens with zero attached hydrogens (tertiary/aromatic N) is 2. The smallest absolute Gasteiger partial charge is 0.337 e. The van der Waals surface area contributed by atoms with Crippen molar-refractivity contribution in [1.82, 2.24) is 9.80 Å². The average molecular weight is 309 g/mol. The minimum absolute atomic E-state index is 0.0512. The maximum absolute atomic E-state index is 14.0. The fourth-order valence-corrected chi connectivity index (χ4v) is 2.31. The van der Waals surface area contributed by atoms with Crippen LogP contribution in [0.3, 0.4) is 0 Å². The summed E-state index contributed by atoms with van der Waals surface area (Å²) in [5.74, 6) is -1.28. The van der Waals surface area contributed by atoms with Gasteiger partial charge in [0, 0.05) is 19.6 Å². The van der Waals surface area contributed by atoms with Crippen LogP contribution in [0.2, 0.25) is 0 Å². The van der Waals surface area contributed by atoms with Gasteiger partial charge < -0.3 is 19.9 Å². The van der Waals surface area contributed by atoms with Crippen LogP contribution in [0.15, 0.2) is 18.2 Å². The molecule has 1 aromatic carbocycles. The number of ether oxygens (including phenoxy) is 1. The molecule has 120 valence electrons. The van der Waals surface area contributed by atoms with E-state index in [1.54, 1.807) is 4.90 Å². The highest BCUT2D eigenvalue weighted by atomic mass is 19.1. The lowest BCUT2D eigenvalue weighted by Gasteiger charge is -2.21. The molecule has 0 aliphatic carbocycles. The highest BCUT2D eigenvalue weighted by Crippen LogP contribution is 2.17. The predicted octanol–water partition coefficient (Wildman–Crippen LogP) is 1.78. The van der Waals surface area contributed by atoms with Crippen LogP contribution < -0.4 is 5.32 Å². The zero-order valence-corrected chi connectivity index (χ0v) is 12.8. The summed E-state index contributed by atoms with van der Waals surface area (Å²) in [5, 5.41) is 2.55. The van der Waals surface area contributed by atoms with Gasteiger partial charge in [0.25, 0.3) is 0 Å². The number of hydrogen-bond acceptors (Lipinski definition) is 4. The van der Waals surface area contributed by atoms with Gasteiger partial charge >= 0.3 is 12.0 Å². The van der Waals surface area contributed by atoms with Crippen molar-refractivity contribution in [3.05, 3.63) is 29.6 Å². The number of carbonyl (C=O) groups excluding carboxylic acids is 2. The van der Waals surface area contributed by atoms with E-state index in [1.807, 2.05) is 7.05 Å². The number of esters is 1. The van der Waals surface area contributed by atoms with Crippen LogP contribution in [0.25, 0.3) is 0 Å². The lowest BCUT2D eigenvalue weighted by atomic mass is 10.2. The molecule has 0 saturated carbocycles. The Labute approximate surface area is 128 Å². The van der Waals surface area contributed by atoms with E-state index in [0.717, 1.165) is 25.6 Å². The van der Waals surface area contributed by atoms with Crippen LogP contribution in [-0.2, 0) is 4.74 Å². The Kier molecular flexibility index (Phi) is 5.32. The highest BCUT2D eigenvalue weighted by Gasteiger charge is 2.19. The standard InChI is InChI=1S/C15H20FN3O3/c1-18-6-3-7-19(9-8-18)15(21)17-13-5-4-11(10-12(13)16)14(20)22-2/h4-5,10H,3,6-9H2,1-2H3,(H,17,21). The molecule has 1 fully saturated rings. The van der Waals surface area contributed by atoms with Crippen molar-refractivity contribution < 1.29 is 18.7 Å². The van der Waals surface area contributed by atoms with Crippen molar-refractivity contribution >= 4 is 17.7 Å². The van der Waals surface area contributed by atoms with Gasteiger partial charge in [-0.1, -0.05) is 0 Å². The van der Waals surface area contributed by atoms with Crippen molar-refractivity contribution in [3.8, 4) is 0 Å². The van der Waals surface area contributed by atoms with E-state index in [0.29, 0.717) is 13.1 Å². The maximum Gasteiger partial charge on any atom is 0.337 e. The van der Waals surface area contributed by atoms with Gasteiger partial charge in [-0.2, -0.15) is 0 Å². The van der Waals surface area contributed by atoms with Crippen molar-refractivity contribution in [3.63, 3.8) is 0 Å². The van der Waals surface area contributed by atoms with E-state index < -0.39 is 11.8 Å². The Morgan fingerprint density at radius 3 is 2.68 bits per heavy atom. The Bertz CT molecular complexity index is 565. The minimum Gasteiger partial charge on any atom is -0.465 e. The molecule has 2 amide bonds. The summed E-state index contributed by atoms with van der Waals surface area (Å²) in [6.07, 6.45) is 0.883. The van der Waals surface area contributed by atoms with Crippen LogP contribution in [0.4, 0.5) is 14.9 Å². The summed E-state index contributed by atoms with van der Waals surface area (Å²) in [5.41, 5.74) is 0.157. The minimum atomic E-state index is -0.664. The zero-order valence-electron chi connectivity index (χ0n) is 12.8. The van der Waals surface area contributed by atoms with E-state index in [-0.39, 0.29) is 17.3 Å². The van der Waals surface area contributed by atoms with Crippen molar-refractivity contribution in [1.29, 1.82) is 0 Å². The first kappa shape index (κ1) is 16.2. The molecule has 1 saturated heterocycles. The number of rotatable bonds is 2. The monoisotopic (exact) mass is 309 g/mol. The summed E-state index contributed by atoms with van der Waals surface area (Å²) < 4.78 is 18.5. The van der Waals surface area contributed by atoms with Gasteiger partial charge in [0.1, 0.15) is 5.82 Å². The summed E-state index contributed by atoms with van der Waals surface area (Å²) in [6, 6.07) is 3.50. The predicted molar refractivity (Wildman–Crippen MR) is 80.4 cm³/mol. The lowest BCUT2D eigenvalue weighted by molar-refractivity contribution is 0.0600. The number of carbonyl (C=O) groups is 2. The number of benzene rings is 1. The molecule has 1 aliphatic rings. The van der Waals surface area contributed by atoms with Crippen LogP contribution in [-0.4, -0.2) is 62.1 Å². The van der Waals surface area contributed by atoms with Gasteiger partial charge in [-0.3, -0.25) is 0 Å².